The quantitative estimate of drug-likeness (QED) is 0.874. The minimum absolute atomic E-state index is 0.357. The van der Waals surface area contributed by atoms with Crippen molar-refractivity contribution in [3.8, 4) is 5.75 Å². The Hall–Kier alpha value is -1.06. The second-order valence-electron chi connectivity index (χ2n) is 7.96. The van der Waals surface area contributed by atoms with Gasteiger partial charge < -0.3 is 15.6 Å². The molecule has 0 spiro atoms. The molecule has 3 rings (SSSR count). The average Bonchev–Trinajstić information content (AvgIpc) is 3.04. The van der Waals surface area contributed by atoms with Crippen LogP contribution in [0, 0.1) is 17.3 Å². The van der Waals surface area contributed by atoms with E-state index >= 15 is 0 Å². The molecule has 3 nitrogen and oxygen atoms in total. The van der Waals surface area contributed by atoms with Crippen LogP contribution >= 0.6 is 0 Å². The van der Waals surface area contributed by atoms with E-state index in [0.717, 1.165) is 29.8 Å². The highest BCUT2D eigenvalue weighted by atomic mass is 16.5. The van der Waals surface area contributed by atoms with Gasteiger partial charge in [0.1, 0.15) is 5.75 Å². The molecule has 3 atom stereocenters. The minimum atomic E-state index is -0.916. The summed E-state index contributed by atoms with van der Waals surface area (Å²) in [6.07, 6.45) is 4.08. The lowest BCUT2D eigenvalue weighted by molar-refractivity contribution is 0.0517. The van der Waals surface area contributed by atoms with E-state index in [4.69, 9.17) is 10.5 Å². The average molecular weight is 289 g/mol. The topological polar surface area (TPSA) is 55.5 Å². The number of fused-ring (bicyclic) bond motifs is 1. The molecule has 3 N–H and O–H groups in total. The van der Waals surface area contributed by atoms with Crippen LogP contribution in [0.2, 0.25) is 0 Å². The number of benzene rings is 1. The van der Waals surface area contributed by atoms with E-state index in [1.807, 2.05) is 24.3 Å². The maximum atomic E-state index is 9.96. The molecule has 2 fully saturated rings. The molecule has 3 heteroatoms. The van der Waals surface area contributed by atoms with Gasteiger partial charge in [0.15, 0.2) is 0 Å². The maximum absolute atomic E-state index is 9.96. The number of aliphatic hydroxyl groups is 1. The molecule has 0 aliphatic heterocycles. The molecule has 0 radical (unpaired) electrons. The fourth-order valence-electron chi connectivity index (χ4n) is 3.71. The molecule has 2 aliphatic carbocycles. The van der Waals surface area contributed by atoms with Crippen LogP contribution < -0.4 is 10.5 Å². The van der Waals surface area contributed by atoms with Crippen LogP contribution in [0.15, 0.2) is 24.3 Å². The van der Waals surface area contributed by atoms with E-state index in [-0.39, 0.29) is 6.04 Å². The largest absolute Gasteiger partial charge is 0.493 e. The molecule has 1 aromatic carbocycles. The molecule has 116 valence electrons. The Balaban J connectivity index is 1.57. The third-order valence-corrected chi connectivity index (χ3v) is 5.17. The molecule has 3 unspecified atom stereocenters. The summed E-state index contributed by atoms with van der Waals surface area (Å²) in [5.41, 5.74) is 6.42. The van der Waals surface area contributed by atoms with Gasteiger partial charge in [0.25, 0.3) is 0 Å². The summed E-state index contributed by atoms with van der Waals surface area (Å²) >= 11 is 0. The van der Waals surface area contributed by atoms with Crippen LogP contribution in [0.25, 0.3) is 0 Å². The first-order chi connectivity index (χ1) is 9.77. The standard InChI is InChI=1S/C18H27NO2/c1-17(2,20)16(19)12-4-6-15(7-5-12)21-11-18(3)9-13-8-14(13)10-18/h4-7,13-14,16,20H,8-11,19H2,1-3H3. The van der Waals surface area contributed by atoms with Gasteiger partial charge in [-0.15, -0.1) is 0 Å². The van der Waals surface area contributed by atoms with Gasteiger partial charge >= 0.3 is 0 Å². The highest BCUT2D eigenvalue weighted by Crippen LogP contribution is 2.59. The molecule has 0 heterocycles. The van der Waals surface area contributed by atoms with E-state index in [2.05, 4.69) is 6.92 Å². The third kappa shape index (κ3) is 3.24. The SMILES string of the molecule is CC1(COc2ccc(C(N)C(C)(C)O)cc2)CC2CC2C1. The van der Waals surface area contributed by atoms with Crippen LogP contribution in [0.3, 0.4) is 0 Å². The van der Waals surface area contributed by atoms with Crippen LogP contribution in [0.5, 0.6) is 5.75 Å². The molecular formula is C18H27NO2. The van der Waals surface area contributed by atoms with Gasteiger partial charge in [-0.25, -0.2) is 0 Å². The zero-order valence-corrected chi connectivity index (χ0v) is 13.3. The van der Waals surface area contributed by atoms with E-state index < -0.39 is 5.60 Å². The first-order valence-corrected chi connectivity index (χ1v) is 7.98. The van der Waals surface area contributed by atoms with Crippen molar-refractivity contribution >= 4 is 0 Å². The number of rotatable bonds is 5. The Labute approximate surface area is 127 Å². The second kappa shape index (κ2) is 4.99. The van der Waals surface area contributed by atoms with Gasteiger partial charge in [0.2, 0.25) is 0 Å². The summed E-state index contributed by atoms with van der Waals surface area (Å²) in [7, 11) is 0. The number of hydrogen-bond donors (Lipinski definition) is 2. The van der Waals surface area contributed by atoms with Gasteiger partial charge in [0, 0.05) is 5.41 Å². The Morgan fingerprint density at radius 3 is 2.38 bits per heavy atom. The van der Waals surface area contributed by atoms with Gasteiger partial charge in [-0.2, -0.15) is 0 Å². The monoisotopic (exact) mass is 289 g/mol. The van der Waals surface area contributed by atoms with Crippen molar-refractivity contribution in [2.45, 2.75) is 51.7 Å². The second-order valence-corrected chi connectivity index (χ2v) is 7.96. The van der Waals surface area contributed by atoms with Crippen LogP contribution in [0.4, 0.5) is 0 Å². The summed E-state index contributed by atoms with van der Waals surface area (Å²) in [4.78, 5) is 0. The third-order valence-electron chi connectivity index (χ3n) is 5.17. The van der Waals surface area contributed by atoms with Crippen LogP contribution in [-0.2, 0) is 0 Å². The van der Waals surface area contributed by atoms with Gasteiger partial charge in [-0.05, 0) is 62.6 Å². The lowest BCUT2D eigenvalue weighted by Gasteiger charge is -2.27. The summed E-state index contributed by atoms with van der Waals surface area (Å²) < 4.78 is 5.98. The predicted molar refractivity (Wildman–Crippen MR) is 84.1 cm³/mol. The predicted octanol–water partition coefficient (Wildman–Crippen LogP) is 3.27. The van der Waals surface area contributed by atoms with Crippen LogP contribution in [-0.4, -0.2) is 17.3 Å². The Morgan fingerprint density at radius 2 is 1.86 bits per heavy atom. The first kappa shape index (κ1) is 14.9. The maximum Gasteiger partial charge on any atom is 0.119 e. The van der Waals surface area contributed by atoms with Crippen molar-refractivity contribution in [2.24, 2.45) is 23.0 Å². The highest BCUT2D eigenvalue weighted by Gasteiger charge is 2.51. The van der Waals surface area contributed by atoms with Crippen molar-refractivity contribution in [2.75, 3.05) is 6.61 Å². The number of hydrogen-bond acceptors (Lipinski definition) is 3. The Kier molecular flexibility index (Phi) is 3.53. The molecule has 1 aromatic rings. The Morgan fingerprint density at radius 1 is 1.29 bits per heavy atom. The lowest BCUT2D eigenvalue weighted by Crippen LogP contribution is -2.34. The zero-order chi connectivity index (χ0) is 15.3. The van der Waals surface area contributed by atoms with Crippen molar-refractivity contribution in [1.82, 2.24) is 0 Å². The lowest BCUT2D eigenvalue weighted by atomic mass is 9.86. The number of ether oxygens (including phenoxy) is 1. The normalized spacial score (nSPS) is 32.6. The van der Waals surface area contributed by atoms with Gasteiger partial charge in [-0.3, -0.25) is 0 Å². The van der Waals surface area contributed by atoms with E-state index in [9.17, 15) is 5.11 Å². The summed E-state index contributed by atoms with van der Waals surface area (Å²) in [6.45, 7) is 6.61. The summed E-state index contributed by atoms with van der Waals surface area (Å²) in [5.74, 6) is 2.85. The molecule has 2 aliphatic rings. The van der Waals surface area contributed by atoms with Crippen molar-refractivity contribution < 1.29 is 9.84 Å². The van der Waals surface area contributed by atoms with Crippen molar-refractivity contribution in [3.05, 3.63) is 29.8 Å². The van der Waals surface area contributed by atoms with Crippen LogP contribution in [0.1, 0.15) is 51.6 Å². The van der Waals surface area contributed by atoms with E-state index in [1.54, 1.807) is 13.8 Å². The molecular weight excluding hydrogens is 262 g/mol. The van der Waals surface area contributed by atoms with Crippen molar-refractivity contribution in [3.63, 3.8) is 0 Å². The molecule has 0 aromatic heterocycles. The first-order valence-electron chi connectivity index (χ1n) is 7.98. The Bertz CT molecular complexity index is 493. The van der Waals surface area contributed by atoms with Gasteiger partial charge in [-0.1, -0.05) is 19.1 Å². The van der Waals surface area contributed by atoms with E-state index in [1.165, 1.54) is 19.3 Å². The fourth-order valence-corrected chi connectivity index (χ4v) is 3.71. The zero-order valence-electron chi connectivity index (χ0n) is 13.3. The fraction of sp³-hybridized carbons (Fsp3) is 0.667. The van der Waals surface area contributed by atoms with Crippen molar-refractivity contribution in [1.29, 1.82) is 0 Å². The summed E-state index contributed by atoms with van der Waals surface area (Å²) in [5, 5.41) is 9.96. The minimum Gasteiger partial charge on any atom is -0.493 e. The summed E-state index contributed by atoms with van der Waals surface area (Å²) in [6, 6.07) is 7.43. The molecule has 0 saturated heterocycles. The molecule has 2 saturated carbocycles. The highest BCUT2D eigenvalue weighted by molar-refractivity contribution is 5.30. The van der Waals surface area contributed by atoms with E-state index in [0.29, 0.717) is 5.41 Å². The molecule has 0 bridgehead atoms. The van der Waals surface area contributed by atoms with Gasteiger partial charge in [0.05, 0.1) is 18.2 Å². The smallest absolute Gasteiger partial charge is 0.119 e. The number of nitrogens with two attached hydrogens (primary N) is 1. The molecule has 0 amide bonds. The molecule has 21 heavy (non-hydrogen) atoms.